The maximum atomic E-state index is 13.1. The number of H-pyrrole nitrogens is 1. The molecule has 5 nitrogen and oxygen atoms in total. The Morgan fingerprint density at radius 3 is 2.59 bits per heavy atom. The van der Waals surface area contributed by atoms with Crippen LogP contribution < -0.4 is 15.8 Å². The van der Waals surface area contributed by atoms with E-state index in [0.717, 1.165) is 60.4 Å². The van der Waals surface area contributed by atoms with E-state index in [1.807, 2.05) is 0 Å². The molecular weight excluding hydrogens is 380 g/mol. The summed E-state index contributed by atoms with van der Waals surface area (Å²) in [5.41, 5.74) is 3.51. The number of aryl methyl sites for hydroxylation is 1. The maximum Gasteiger partial charge on any atom is 0.261 e. The average Bonchev–Trinajstić information content (AvgIpc) is 2.86. The molecule has 1 saturated heterocycles. The summed E-state index contributed by atoms with van der Waals surface area (Å²) in [6, 6.07) is 8.65. The molecule has 0 bridgehead atoms. The Bertz CT molecular complexity index is 1050. The predicted molar refractivity (Wildman–Crippen MR) is 123 cm³/mol. The minimum atomic E-state index is -0.0342. The summed E-state index contributed by atoms with van der Waals surface area (Å²) in [7, 11) is 0. The molecule has 6 heteroatoms. The normalized spacial score (nSPS) is 15.7. The lowest BCUT2D eigenvalue weighted by Crippen LogP contribution is -2.31. The highest BCUT2D eigenvalue weighted by molar-refractivity contribution is 7.19. The van der Waals surface area contributed by atoms with Crippen LogP contribution in [0.15, 0.2) is 29.1 Å². The smallest absolute Gasteiger partial charge is 0.261 e. The Kier molecular flexibility index (Phi) is 5.49. The Balaban J connectivity index is 1.81. The van der Waals surface area contributed by atoms with Gasteiger partial charge < -0.3 is 10.2 Å². The highest BCUT2D eigenvalue weighted by Crippen LogP contribution is 2.37. The molecule has 1 aromatic carbocycles. The highest BCUT2D eigenvalue weighted by Gasteiger charge is 2.21. The largest absolute Gasteiger partial charge is 0.341 e. The van der Waals surface area contributed by atoms with E-state index in [-0.39, 0.29) is 11.0 Å². The van der Waals surface area contributed by atoms with E-state index in [1.54, 1.807) is 11.3 Å². The molecule has 1 aliphatic heterocycles. The van der Waals surface area contributed by atoms with Crippen LogP contribution >= 0.6 is 11.3 Å². The van der Waals surface area contributed by atoms with Crippen molar-refractivity contribution in [1.82, 2.24) is 15.3 Å². The third-order valence-corrected chi connectivity index (χ3v) is 6.85. The number of nitrogens with zero attached hydrogens (tertiary/aromatic N) is 2. The molecule has 1 aliphatic rings. The standard InChI is InChI=1S/C23H30N4OS/c1-5-17-18(15-7-9-16(10-8-15)23(2,3)4)19-20(28)25-22(26-21(19)29-17)27-13-6-11-24-12-14-27/h7-10,24H,5-6,11-14H2,1-4H3,(H,25,26,28). The number of benzene rings is 1. The van der Waals surface area contributed by atoms with Gasteiger partial charge in [-0.25, -0.2) is 4.98 Å². The first kappa shape index (κ1) is 20.1. The van der Waals surface area contributed by atoms with Crippen LogP contribution in [0.3, 0.4) is 0 Å². The number of anilines is 1. The molecule has 0 spiro atoms. The van der Waals surface area contributed by atoms with Crippen LogP contribution in [0, 0.1) is 0 Å². The zero-order chi connectivity index (χ0) is 20.6. The summed E-state index contributed by atoms with van der Waals surface area (Å²) < 4.78 is 0. The van der Waals surface area contributed by atoms with Gasteiger partial charge in [-0.1, -0.05) is 52.0 Å². The molecule has 0 radical (unpaired) electrons. The van der Waals surface area contributed by atoms with E-state index in [1.165, 1.54) is 10.4 Å². The molecular formula is C23H30N4OS. The van der Waals surface area contributed by atoms with Crippen molar-refractivity contribution >= 4 is 27.5 Å². The number of nitrogens with one attached hydrogen (secondary N) is 2. The molecule has 2 aromatic heterocycles. The molecule has 154 valence electrons. The van der Waals surface area contributed by atoms with Gasteiger partial charge in [0.2, 0.25) is 5.95 Å². The van der Waals surface area contributed by atoms with Crippen molar-refractivity contribution in [1.29, 1.82) is 0 Å². The van der Waals surface area contributed by atoms with Crippen LogP contribution in [0.25, 0.3) is 21.3 Å². The van der Waals surface area contributed by atoms with Crippen molar-refractivity contribution in [3.63, 3.8) is 0 Å². The van der Waals surface area contributed by atoms with Crippen molar-refractivity contribution in [2.45, 2.75) is 46.0 Å². The van der Waals surface area contributed by atoms with E-state index < -0.39 is 0 Å². The minimum Gasteiger partial charge on any atom is -0.341 e. The number of rotatable bonds is 3. The Morgan fingerprint density at radius 1 is 1.14 bits per heavy atom. The summed E-state index contributed by atoms with van der Waals surface area (Å²) >= 11 is 1.65. The summed E-state index contributed by atoms with van der Waals surface area (Å²) in [6.07, 6.45) is 1.94. The zero-order valence-corrected chi connectivity index (χ0v) is 18.6. The first-order chi connectivity index (χ1) is 13.9. The van der Waals surface area contributed by atoms with Crippen molar-refractivity contribution in [3.8, 4) is 11.1 Å². The fourth-order valence-electron chi connectivity index (χ4n) is 3.94. The van der Waals surface area contributed by atoms with Gasteiger partial charge in [0.15, 0.2) is 0 Å². The summed E-state index contributed by atoms with van der Waals surface area (Å²) in [5.74, 6) is 0.699. The third kappa shape index (κ3) is 3.96. The monoisotopic (exact) mass is 410 g/mol. The van der Waals surface area contributed by atoms with Crippen LogP contribution in [0.1, 0.15) is 44.6 Å². The molecule has 29 heavy (non-hydrogen) atoms. The van der Waals surface area contributed by atoms with Gasteiger partial charge in [-0.2, -0.15) is 0 Å². The fourth-order valence-corrected chi connectivity index (χ4v) is 5.07. The predicted octanol–water partition coefficient (Wildman–Crippen LogP) is 4.31. The number of aromatic nitrogens is 2. The summed E-state index contributed by atoms with van der Waals surface area (Å²) in [6.45, 7) is 12.5. The van der Waals surface area contributed by atoms with Crippen molar-refractivity contribution < 1.29 is 0 Å². The van der Waals surface area contributed by atoms with Gasteiger partial charge in [0, 0.05) is 30.1 Å². The fraction of sp³-hybridized carbons (Fsp3) is 0.478. The van der Waals surface area contributed by atoms with Crippen LogP contribution in [-0.2, 0) is 11.8 Å². The second kappa shape index (κ2) is 7.92. The number of thiophene rings is 1. The Hall–Kier alpha value is -2.18. The van der Waals surface area contributed by atoms with Gasteiger partial charge in [0.1, 0.15) is 4.83 Å². The summed E-state index contributed by atoms with van der Waals surface area (Å²) in [4.78, 5) is 25.3. The van der Waals surface area contributed by atoms with E-state index in [2.05, 4.69) is 67.2 Å². The van der Waals surface area contributed by atoms with Gasteiger partial charge in [-0.3, -0.25) is 9.78 Å². The molecule has 4 rings (SSSR count). The van der Waals surface area contributed by atoms with Crippen molar-refractivity contribution in [2.75, 3.05) is 31.1 Å². The number of fused-ring (bicyclic) bond motifs is 1. The lowest BCUT2D eigenvalue weighted by molar-refractivity contribution is 0.590. The van der Waals surface area contributed by atoms with Crippen LogP contribution in [0.4, 0.5) is 5.95 Å². The second-order valence-corrected chi connectivity index (χ2v) is 9.83. The molecule has 0 unspecified atom stereocenters. The van der Waals surface area contributed by atoms with Gasteiger partial charge in [-0.05, 0) is 35.9 Å². The third-order valence-electron chi connectivity index (χ3n) is 5.62. The van der Waals surface area contributed by atoms with E-state index in [9.17, 15) is 4.79 Å². The SMILES string of the molecule is CCc1sc2nc(N3CCCNCC3)[nH]c(=O)c2c1-c1ccc(C(C)(C)C)cc1. The molecule has 0 atom stereocenters. The highest BCUT2D eigenvalue weighted by atomic mass is 32.1. The first-order valence-electron chi connectivity index (χ1n) is 10.5. The number of hydrogen-bond acceptors (Lipinski definition) is 5. The first-order valence-corrected chi connectivity index (χ1v) is 11.3. The lowest BCUT2D eigenvalue weighted by Gasteiger charge is -2.20. The lowest BCUT2D eigenvalue weighted by atomic mass is 9.86. The molecule has 3 heterocycles. The van der Waals surface area contributed by atoms with Gasteiger partial charge in [0.25, 0.3) is 5.56 Å². The molecule has 0 saturated carbocycles. The number of aromatic amines is 1. The average molecular weight is 411 g/mol. The van der Waals surface area contributed by atoms with E-state index in [4.69, 9.17) is 4.98 Å². The molecule has 0 aliphatic carbocycles. The van der Waals surface area contributed by atoms with Crippen LogP contribution in [0.5, 0.6) is 0 Å². The molecule has 1 fully saturated rings. The van der Waals surface area contributed by atoms with Gasteiger partial charge in [0.05, 0.1) is 5.39 Å². The van der Waals surface area contributed by atoms with Crippen molar-refractivity contribution in [3.05, 3.63) is 45.1 Å². The second-order valence-electron chi connectivity index (χ2n) is 8.74. The van der Waals surface area contributed by atoms with E-state index in [0.29, 0.717) is 5.95 Å². The topological polar surface area (TPSA) is 61.0 Å². The van der Waals surface area contributed by atoms with Crippen LogP contribution in [0.2, 0.25) is 0 Å². The van der Waals surface area contributed by atoms with E-state index >= 15 is 0 Å². The van der Waals surface area contributed by atoms with Gasteiger partial charge >= 0.3 is 0 Å². The minimum absolute atomic E-state index is 0.0342. The Labute approximate surface area is 176 Å². The quantitative estimate of drug-likeness (QED) is 0.675. The zero-order valence-electron chi connectivity index (χ0n) is 17.8. The van der Waals surface area contributed by atoms with Crippen molar-refractivity contribution in [2.24, 2.45) is 0 Å². The molecule has 2 N–H and O–H groups in total. The Morgan fingerprint density at radius 2 is 1.90 bits per heavy atom. The number of hydrogen-bond donors (Lipinski definition) is 2. The molecule has 0 amide bonds. The van der Waals surface area contributed by atoms with Gasteiger partial charge in [-0.15, -0.1) is 11.3 Å². The van der Waals surface area contributed by atoms with Crippen LogP contribution in [-0.4, -0.2) is 36.1 Å². The molecule has 3 aromatic rings. The maximum absolute atomic E-state index is 13.1. The summed E-state index contributed by atoms with van der Waals surface area (Å²) in [5, 5.41) is 4.13.